The van der Waals surface area contributed by atoms with Crippen molar-refractivity contribution in [3.63, 3.8) is 0 Å². The van der Waals surface area contributed by atoms with Crippen molar-refractivity contribution in [3.05, 3.63) is 11.8 Å². The first-order valence-electron chi connectivity index (χ1n) is 6.99. The van der Waals surface area contributed by atoms with Gasteiger partial charge in [-0.3, -0.25) is 4.79 Å². The highest BCUT2D eigenvalue weighted by molar-refractivity contribution is 5.91. The summed E-state index contributed by atoms with van der Waals surface area (Å²) in [6, 6.07) is 0. The van der Waals surface area contributed by atoms with Crippen molar-refractivity contribution in [2.45, 2.75) is 59.3 Å². The Labute approximate surface area is 105 Å². The zero-order valence-corrected chi connectivity index (χ0v) is 11.4. The van der Waals surface area contributed by atoms with Crippen LogP contribution in [0.4, 0.5) is 0 Å². The molecular formula is C15H26O2. The van der Waals surface area contributed by atoms with Gasteiger partial charge in [0.05, 0.1) is 5.76 Å². The predicted molar refractivity (Wildman–Crippen MR) is 70.9 cm³/mol. The van der Waals surface area contributed by atoms with Gasteiger partial charge in [0.2, 0.25) is 0 Å². The van der Waals surface area contributed by atoms with Crippen LogP contribution in [0.3, 0.4) is 0 Å². The van der Waals surface area contributed by atoms with Gasteiger partial charge in [-0.1, -0.05) is 46.5 Å². The third-order valence-electron chi connectivity index (χ3n) is 4.05. The second-order valence-corrected chi connectivity index (χ2v) is 5.57. The van der Waals surface area contributed by atoms with Crippen LogP contribution in [0.1, 0.15) is 59.3 Å². The first-order chi connectivity index (χ1) is 8.04. The van der Waals surface area contributed by atoms with Crippen molar-refractivity contribution in [1.29, 1.82) is 0 Å². The van der Waals surface area contributed by atoms with Crippen molar-refractivity contribution in [3.8, 4) is 0 Å². The zero-order valence-electron chi connectivity index (χ0n) is 11.4. The molecule has 0 aromatic heterocycles. The van der Waals surface area contributed by atoms with Crippen LogP contribution in [0.25, 0.3) is 0 Å². The fourth-order valence-corrected chi connectivity index (χ4v) is 2.50. The summed E-state index contributed by atoms with van der Waals surface area (Å²) in [5.41, 5.74) is 0. The Balaban J connectivity index is 2.46. The highest BCUT2D eigenvalue weighted by Gasteiger charge is 2.20. The molecule has 0 radical (unpaired) electrons. The molecule has 0 saturated heterocycles. The molecule has 0 amide bonds. The van der Waals surface area contributed by atoms with E-state index in [1.807, 2.05) is 20.8 Å². The minimum atomic E-state index is 0.0239. The summed E-state index contributed by atoms with van der Waals surface area (Å²) in [6.07, 6.45) is 8.54. The lowest BCUT2D eigenvalue weighted by molar-refractivity contribution is -0.118. The predicted octanol–water partition coefficient (Wildman–Crippen LogP) is 4.26. The van der Waals surface area contributed by atoms with Crippen LogP contribution in [0.5, 0.6) is 0 Å². The van der Waals surface area contributed by atoms with Crippen molar-refractivity contribution >= 4 is 5.78 Å². The van der Waals surface area contributed by atoms with Crippen molar-refractivity contribution in [1.82, 2.24) is 0 Å². The highest BCUT2D eigenvalue weighted by Crippen LogP contribution is 2.31. The van der Waals surface area contributed by atoms with E-state index < -0.39 is 0 Å². The van der Waals surface area contributed by atoms with Crippen LogP contribution < -0.4 is 0 Å². The van der Waals surface area contributed by atoms with Crippen LogP contribution in [0.2, 0.25) is 0 Å². The van der Waals surface area contributed by atoms with Gasteiger partial charge >= 0.3 is 0 Å². The molecule has 1 aliphatic rings. The van der Waals surface area contributed by atoms with Crippen LogP contribution >= 0.6 is 0 Å². The second-order valence-electron chi connectivity index (χ2n) is 5.57. The van der Waals surface area contributed by atoms with Gasteiger partial charge in [-0.15, -0.1) is 0 Å². The minimum Gasteiger partial charge on any atom is -0.512 e. The lowest BCUT2D eigenvalue weighted by Gasteiger charge is -2.16. The molecule has 2 atom stereocenters. The Morgan fingerprint density at radius 2 is 1.88 bits per heavy atom. The number of ketones is 1. The van der Waals surface area contributed by atoms with E-state index in [1.165, 1.54) is 31.8 Å². The molecule has 1 rings (SSSR count). The Kier molecular flexibility index (Phi) is 5.73. The van der Waals surface area contributed by atoms with Gasteiger partial charge in [-0.05, 0) is 18.8 Å². The fraction of sp³-hybridized carbons (Fsp3) is 0.800. The van der Waals surface area contributed by atoms with Gasteiger partial charge in [0.15, 0.2) is 5.78 Å². The maximum absolute atomic E-state index is 11.7. The van der Waals surface area contributed by atoms with E-state index >= 15 is 0 Å². The number of aliphatic hydroxyl groups is 1. The number of aliphatic hydroxyl groups excluding tert-OH is 1. The van der Waals surface area contributed by atoms with E-state index in [2.05, 4.69) is 0 Å². The lowest BCUT2D eigenvalue weighted by atomic mass is 9.92. The standard InChI is InChI=1S/C15H26O2/c1-4-11(2)14(16)10-15(17)12(3)9-13-7-5-6-8-13/h10-13,17H,4-9H2,1-3H3. The molecule has 1 saturated carbocycles. The number of hydrogen-bond donors (Lipinski definition) is 1. The molecule has 0 aromatic carbocycles. The molecule has 0 bridgehead atoms. The second kappa shape index (κ2) is 6.83. The number of rotatable bonds is 6. The maximum atomic E-state index is 11.7. The molecule has 0 heterocycles. The summed E-state index contributed by atoms with van der Waals surface area (Å²) in [6.45, 7) is 5.93. The van der Waals surface area contributed by atoms with E-state index in [1.54, 1.807) is 0 Å². The molecule has 1 N–H and O–H groups in total. The first kappa shape index (κ1) is 14.3. The topological polar surface area (TPSA) is 37.3 Å². The van der Waals surface area contributed by atoms with E-state index in [0.717, 1.165) is 18.8 Å². The fourth-order valence-electron chi connectivity index (χ4n) is 2.50. The van der Waals surface area contributed by atoms with Crippen LogP contribution in [0.15, 0.2) is 11.8 Å². The molecule has 2 unspecified atom stereocenters. The normalized spacial score (nSPS) is 21.5. The largest absolute Gasteiger partial charge is 0.512 e. The molecule has 2 nitrogen and oxygen atoms in total. The minimum absolute atomic E-state index is 0.0239. The van der Waals surface area contributed by atoms with Gasteiger partial charge in [-0.2, -0.15) is 0 Å². The number of hydrogen-bond acceptors (Lipinski definition) is 2. The Hall–Kier alpha value is -0.790. The van der Waals surface area contributed by atoms with Crippen molar-refractivity contribution < 1.29 is 9.90 Å². The molecule has 1 fully saturated rings. The maximum Gasteiger partial charge on any atom is 0.161 e. The molecule has 0 aliphatic heterocycles. The van der Waals surface area contributed by atoms with Crippen molar-refractivity contribution in [2.75, 3.05) is 0 Å². The number of allylic oxidation sites excluding steroid dienone is 2. The Morgan fingerprint density at radius 3 is 2.41 bits per heavy atom. The van der Waals surface area contributed by atoms with E-state index in [9.17, 15) is 9.90 Å². The molecule has 1 aliphatic carbocycles. The average molecular weight is 238 g/mol. The highest BCUT2D eigenvalue weighted by atomic mass is 16.3. The van der Waals surface area contributed by atoms with Crippen LogP contribution in [-0.4, -0.2) is 10.9 Å². The molecule has 17 heavy (non-hydrogen) atoms. The lowest BCUT2D eigenvalue weighted by Crippen LogP contribution is -2.11. The van der Waals surface area contributed by atoms with Gasteiger partial charge < -0.3 is 5.11 Å². The zero-order chi connectivity index (χ0) is 12.8. The Bertz CT molecular complexity index is 275. The SMILES string of the molecule is CCC(C)C(=O)C=C(O)C(C)CC1CCCC1. The van der Waals surface area contributed by atoms with Gasteiger partial charge in [0, 0.05) is 17.9 Å². The Morgan fingerprint density at radius 1 is 1.29 bits per heavy atom. The summed E-state index contributed by atoms with van der Waals surface area (Å²) in [5.74, 6) is 1.24. The monoisotopic (exact) mass is 238 g/mol. The summed E-state index contributed by atoms with van der Waals surface area (Å²) in [5, 5.41) is 9.93. The van der Waals surface area contributed by atoms with E-state index in [-0.39, 0.29) is 23.4 Å². The third kappa shape index (κ3) is 4.53. The summed E-state index contributed by atoms with van der Waals surface area (Å²) >= 11 is 0. The molecule has 0 aromatic rings. The summed E-state index contributed by atoms with van der Waals surface area (Å²) < 4.78 is 0. The van der Waals surface area contributed by atoms with Gasteiger partial charge in [0.25, 0.3) is 0 Å². The summed E-state index contributed by atoms with van der Waals surface area (Å²) in [7, 11) is 0. The van der Waals surface area contributed by atoms with Gasteiger partial charge in [-0.25, -0.2) is 0 Å². The van der Waals surface area contributed by atoms with E-state index in [4.69, 9.17) is 0 Å². The van der Waals surface area contributed by atoms with Crippen LogP contribution in [-0.2, 0) is 4.79 Å². The summed E-state index contributed by atoms with van der Waals surface area (Å²) in [4.78, 5) is 11.7. The average Bonchev–Trinajstić information content (AvgIpc) is 2.80. The molecule has 98 valence electrons. The van der Waals surface area contributed by atoms with Crippen molar-refractivity contribution in [2.24, 2.45) is 17.8 Å². The number of carbonyl (C=O) groups excluding carboxylic acids is 1. The molecular weight excluding hydrogens is 212 g/mol. The number of carbonyl (C=O) groups is 1. The third-order valence-corrected chi connectivity index (χ3v) is 4.05. The van der Waals surface area contributed by atoms with E-state index in [0.29, 0.717) is 0 Å². The molecule has 0 spiro atoms. The molecule has 2 heteroatoms. The first-order valence-corrected chi connectivity index (χ1v) is 6.99. The van der Waals surface area contributed by atoms with Gasteiger partial charge in [0.1, 0.15) is 0 Å². The smallest absolute Gasteiger partial charge is 0.161 e. The quantitative estimate of drug-likeness (QED) is 0.554. The van der Waals surface area contributed by atoms with Crippen LogP contribution in [0, 0.1) is 17.8 Å².